The second-order valence-corrected chi connectivity index (χ2v) is 4.29. The number of hydrogen-bond donors (Lipinski definition) is 0. The quantitative estimate of drug-likeness (QED) is 0.595. The average molecular weight is 183 g/mol. The van der Waals surface area contributed by atoms with Crippen LogP contribution in [0.1, 0.15) is 19.8 Å². The minimum absolute atomic E-state index is 0.0492. The van der Waals surface area contributed by atoms with Gasteiger partial charge in [0.15, 0.2) is 0 Å². The Hall–Kier alpha value is -0.570. The molecule has 0 aromatic heterocycles. The van der Waals surface area contributed by atoms with Crippen LogP contribution in [0.25, 0.3) is 0 Å². The monoisotopic (exact) mass is 183 g/mol. The van der Waals surface area contributed by atoms with Gasteiger partial charge in [0.2, 0.25) is 0 Å². The van der Waals surface area contributed by atoms with Crippen molar-refractivity contribution in [3.63, 3.8) is 0 Å². The summed E-state index contributed by atoms with van der Waals surface area (Å²) in [6.45, 7) is 4.50. The highest BCUT2D eigenvalue weighted by Crippen LogP contribution is 2.58. The van der Waals surface area contributed by atoms with E-state index in [1.165, 1.54) is 0 Å². The van der Waals surface area contributed by atoms with Crippen molar-refractivity contribution in [1.29, 1.82) is 0 Å². The highest BCUT2D eigenvalue weighted by atomic mass is 16.5. The summed E-state index contributed by atoms with van der Waals surface area (Å²) < 4.78 is 5.10. The number of likely N-dealkylation sites (tertiary alicyclic amines) is 1. The lowest BCUT2D eigenvalue weighted by Crippen LogP contribution is -2.36. The molecule has 2 fully saturated rings. The summed E-state index contributed by atoms with van der Waals surface area (Å²) in [6, 6.07) is 0. The fourth-order valence-electron chi connectivity index (χ4n) is 2.41. The first-order valence-electron chi connectivity index (χ1n) is 5.05. The van der Waals surface area contributed by atoms with E-state index in [1.54, 1.807) is 0 Å². The molecule has 1 aliphatic carbocycles. The molecular weight excluding hydrogens is 166 g/mol. The molecule has 2 atom stereocenters. The molecular formula is C10H17NO2. The van der Waals surface area contributed by atoms with Crippen LogP contribution in [-0.2, 0) is 9.53 Å². The SMILES string of the molecule is CCOC(=O)C12CCN(C)CC1C2. The number of carbonyl (C=O) groups is 1. The summed E-state index contributed by atoms with van der Waals surface area (Å²) >= 11 is 0. The van der Waals surface area contributed by atoms with Gasteiger partial charge in [-0.2, -0.15) is 0 Å². The van der Waals surface area contributed by atoms with Crippen LogP contribution >= 0.6 is 0 Å². The van der Waals surface area contributed by atoms with Crippen LogP contribution in [-0.4, -0.2) is 37.6 Å². The zero-order valence-electron chi connectivity index (χ0n) is 8.38. The molecule has 1 saturated heterocycles. The number of rotatable bonds is 2. The first-order valence-corrected chi connectivity index (χ1v) is 5.05. The Morgan fingerprint density at radius 2 is 2.46 bits per heavy atom. The number of nitrogens with zero attached hydrogens (tertiary/aromatic N) is 1. The van der Waals surface area contributed by atoms with Crippen LogP contribution < -0.4 is 0 Å². The smallest absolute Gasteiger partial charge is 0.312 e. The summed E-state index contributed by atoms with van der Waals surface area (Å²) in [5.74, 6) is 0.624. The van der Waals surface area contributed by atoms with Crippen molar-refractivity contribution in [1.82, 2.24) is 4.90 Å². The van der Waals surface area contributed by atoms with Gasteiger partial charge in [-0.25, -0.2) is 0 Å². The van der Waals surface area contributed by atoms with Crippen molar-refractivity contribution in [3.05, 3.63) is 0 Å². The van der Waals surface area contributed by atoms with Gasteiger partial charge in [0.25, 0.3) is 0 Å². The molecule has 3 nitrogen and oxygen atoms in total. The van der Waals surface area contributed by atoms with Gasteiger partial charge in [-0.1, -0.05) is 0 Å². The molecule has 1 saturated carbocycles. The van der Waals surface area contributed by atoms with E-state index in [2.05, 4.69) is 11.9 Å². The van der Waals surface area contributed by atoms with Crippen LogP contribution in [0.4, 0.5) is 0 Å². The van der Waals surface area contributed by atoms with E-state index in [0.29, 0.717) is 12.5 Å². The number of hydrogen-bond acceptors (Lipinski definition) is 3. The number of carbonyl (C=O) groups excluding carboxylic acids is 1. The molecule has 2 rings (SSSR count). The largest absolute Gasteiger partial charge is 0.466 e. The second-order valence-electron chi connectivity index (χ2n) is 4.29. The topological polar surface area (TPSA) is 29.5 Å². The number of ether oxygens (including phenoxy) is 1. The Bertz CT molecular complexity index is 229. The van der Waals surface area contributed by atoms with Crippen molar-refractivity contribution in [2.75, 3.05) is 26.7 Å². The van der Waals surface area contributed by atoms with Gasteiger partial charge >= 0.3 is 5.97 Å². The zero-order chi connectivity index (χ0) is 9.47. The predicted molar refractivity (Wildman–Crippen MR) is 49.3 cm³/mol. The molecule has 1 aliphatic heterocycles. The lowest BCUT2D eigenvalue weighted by Gasteiger charge is -2.27. The standard InChI is InChI=1S/C10H17NO2/c1-3-13-9(12)10-4-5-11(2)7-8(10)6-10/h8H,3-7H2,1-2H3. The minimum atomic E-state index is -0.0669. The van der Waals surface area contributed by atoms with Crippen molar-refractivity contribution < 1.29 is 9.53 Å². The molecule has 0 N–H and O–H groups in total. The molecule has 1 heterocycles. The summed E-state index contributed by atoms with van der Waals surface area (Å²) in [5, 5.41) is 0. The molecule has 0 aromatic carbocycles. The molecule has 0 bridgehead atoms. The third-order valence-corrected chi connectivity index (χ3v) is 3.39. The summed E-state index contributed by atoms with van der Waals surface area (Å²) in [4.78, 5) is 13.9. The first kappa shape index (κ1) is 9.00. The van der Waals surface area contributed by atoms with Crippen molar-refractivity contribution in [3.8, 4) is 0 Å². The Balaban J connectivity index is 1.97. The van der Waals surface area contributed by atoms with Gasteiger partial charge in [0.1, 0.15) is 0 Å². The second kappa shape index (κ2) is 2.98. The van der Waals surface area contributed by atoms with Gasteiger partial charge in [0, 0.05) is 6.54 Å². The molecule has 0 amide bonds. The van der Waals surface area contributed by atoms with Gasteiger partial charge in [-0.3, -0.25) is 4.79 Å². The van der Waals surface area contributed by atoms with E-state index in [-0.39, 0.29) is 11.4 Å². The maximum atomic E-state index is 11.6. The van der Waals surface area contributed by atoms with Gasteiger partial charge < -0.3 is 9.64 Å². The Morgan fingerprint density at radius 3 is 3.08 bits per heavy atom. The molecule has 3 heteroatoms. The number of fused-ring (bicyclic) bond motifs is 1. The molecule has 13 heavy (non-hydrogen) atoms. The van der Waals surface area contributed by atoms with E-state index in [0.717, 1.165) is 25.9 Å². The third kappa shape index (κ3) is 1.35. The third-order valence-electron chi connectivity index (χ3n) is 3.39. The lowest BCUT2D eigenvalue weighted by atomic mass is 9.96. The van der Waals surface area contributed by atoms with Crippen LogP contribution in [0.3, 0.4) is 0 Å². The molecule has 2 unspecified atom stereocenters. The summed E-state index contributed by atoms with van der Waals surface area (Å²) in [7, 11) is 2.12. The Morgan fingerprint density at radius 1 is 1.69 bits per heavy atom. The van der Waals surface area contributed by atoms with E-state index in [4.69, 9.17) is 4.74 Å². The first-order chi connectivity index (χ1) is 6.19. The van der Waals surface area contributed by atoms with Crippen molar-refractivity contribution >= 4 is 5.97 Å². The van der Waals surface area contributed by atoms with E-state index < -0.39 is 0 Å². The number of esters is 1. The van der Waals surface area contributed by atoms with Gasteiger partial charge in [-0.15, -0.1) is 0 Å². The maximum absolute atomic E-state index is 11.6. The fourth-order valence-corrected chi connectivity index (χ4v) is 2.41. The zero-order valence-corrected chi connectivity index (χ0v) is 8.38. The average Bonchev–Trinajstić information content (AvgIpc) is 2.79. The Labute approximate surface area is 79.0 Å². The van der Waals surface area contributed by atoms with Crippen LogP contribution in [0.2, 0.25) is 0 Å². The van der Waals surface area contributed by atoms with Crippen LogP contribution in [0.15, 0.2) is 0 Å². The van der Waals surface area contributed by atoms with Crippen LogP contribution in [0, 0.1) is 11.3 Å². The Kier molecular flexibility index (Phi) is 2.06. The van der Waals surface area contributed by atoms with Crippen molar-refractivity contribution in [2.24, 2.45) is 11.3 Å². The van der Waals surface area contributed by atoms with E-state index >= 15 is 0 Å². The van der Waals surface area contributed by atoms with E-state index in [9.17, 15) is 4.79 Å². The van der Waals surface area contributed by atoms with E-state index in [1.807, 2.05) is 6.92 Å². The van der Waals surface area contributed by atoms with Gasteiger partial charge in [-0.05, 0) is 39.3 Å². The molecule has 0 radical (unpaired) electrons. The molecule has 2 aliphatic rings. The fraction of sp³-hybridized carbons (Fsp3) is 0.900. The highest BCUT2D eigenvalue weighted by Gasteiger charge is 2.62. The maximum Gasteiger partial charge on any atom is 0.312 e. The lowest BCUT2D eigenvalue weighted by molar-refractivity contribution is -0.151. The molecule has 74 valence electrons. The normalized spacial score (nSPS) is 38.2. The predicted octanol–water partition coefficient (Wildman–Crippen LogP) is 0.891. The minimum Gasteiger partial charge on any atom is -0.466 e. The molecule has 0 spiro atoms. The summed E-state index contributed by atoms with van der Waals surface area (Å²) in [5.41, 5.74) is -0.0669. The summed E-state index contributed by atoms with van der Waals surface area (Å²) in [6.07, 6.45) is 2.04. The van der Waals surface area contributed by atoms with Crippen molar-refractivity contribution in [2.45, 2.75) is 19.8 Å². The van der Waals surface area contributed by atoms with Gasteiger partial charge in [0.05, 0.1) is 12.0 Å². The number of piperidine rings is 1. The van der Waals surface area contributed by atoms with Crippen LogP contribution in [0.5, 0.6) is 0 Å². The molecule has 0 aromatic rings. The highest BCUT2D eigenvalue weighted by molar-refractivity contribution is 5.81.